The second kappa shape index (κ2) is 6.98. The van der Waals surface area contributed by atoms with Gasteiger partial charge in [-0.2, -0.15) is 13.2 Å². The smallest absolute Gasteiger partial charge is 0.400 e. The largest absolute Gasteiger partial charge is 0.409 e. The first kappa shape index (κ1) is 16.1. The second-order valence-electron chi connectivity index (χ2n) is 5.20. The predicted octanol–water partition coefficient (Wildman–Crippen LogP) is 2.57. The van der Waals surface area contributed by atoms with Gasteiger partial charge in [-0.25, -0.2) is 0 Å². The Kier molecular flexibility index (Phi) is 5.90. The maximum absolute atomic E-state index is 12.9. The van der Waals surface area contributed by atoms with Gasteiger partial charge >= 0.3 is 6.18 Å². The van der Waals surface area contributed by atoms with Crippen molar-refractivity contribution in [3.63, 3.8) is 0 Å². The second-order valence-corrected chi connectivity index (χ2v) is 5.20. The van der Waals surface area contributed by atoms with E-state index in [1.165, 1.54) is 0 Å². The maximum Gasteiger partial charge on any atom is 0.400 e. The Hall–Kier alpha value is -0.980. The molecule has 1 atom stereocenters. The molecule has 0 aromatic carbocycles. The van der Waals surface area contributed by atoms with Crippen molar-refractivity contribution < 1.29 is 18.4 Å². The molecule has 0 amide bonds. The summed E-state index contributed by atoms with van der Waals surface area (Å²) in [6, 6.07) is 0.152. The van der Waals surface area contributed by atoms with Crippen LogP contribution in [-0.2, 0) is 0 Å². The van der Waals surface area contributed by atoms with Crippen LogP contribution in [0.3, 0.4) is 0 Å². The molecular weight excluding hydrogens is 259 g/mol. The molecule has 1 unspecified atom stereocenters. The molecule has 0 spiro atoms. The van der Waals surface area contributed by atoms with Gasteiger partial charge in [-0.1, -0.05) is 30.8 Å². The van der Waals surface area contributed by atoms with Gasteiger partial charge in [0.2, 0.25) is 0 Å². The quantitative estimate of drug-likeness (QED) is 0.274. The molecular formula is C12H22F3N3O. The van der Waals surface area contributed by atoms with Crippen molar-refractivity contribution in [3.05, 3.63) is 0 Å². The van der Waals surface area contributed by atoms with Crippen LogP contribution in [0.1, 0.15) is 38.5 Å². The molecule has 4 nitrogen and oxygen atoms in total. The number of amidine groups is 1. The summed E-state index contributed by atoms with van der Waals surface area (Å²) >= 11 is 0. The van der Waals surface area contributed by atoms with Crippen LogP contribution in [0.5, 0.6) is 0 Å². The van der Waals surface area contributed by atoms with Crippen molar-refractivity contribution in [1.29, 1.82) is 0 Å². The summed E-state index contributed by atoms with van der Waals surface area (Å²) in [5.41, 5.74) is 5.17. The SMILES string of the molecule is CN(CC(C(N)=NO)C(F)(F)F)C1CCCCCC1. The molecule has 19 heavy (non-hydrogen) atoms. The van der Waals surface area contributed by atoms with Crippen molar-refractivity contribution in [1.82, 2.24) is 4.90 Å². The number of nitrogens with two attached hydrogens (primary N) is 1. The zero-order chi connectivity index (χ0) is 14.5. The first-order chi connectivity index (χ1) is 8.86. The van der Waals surface area contributed by atoms with Gasteiger partial charge in [0, 0.05) is 12.6 Å². The summed E-state index contributed by atoms with van der Waals surface area (Å²) in [5, 5.41) is 11.0. The highest BCUT2D eigenvalue weighted by molar-refractivity contribution is 5.83. The van der Waals surface area contributed by atoms with E-state index < -0.39 is 17.9 Å². The van der Waals surface area contributed by atoms with E-state index in [4.69, 9.17) is 10.9 Å². The molecule has 1 fully saturated rings. The summed E-state index contributed by atoms with van der Waals surface area (Å²) in [6.07, 6.45) is 1.73. The Morgan fingerprint density at radius 2 is 1.84 bits per heavy atom. The molecule has 1 aliphatic carbocycles. The van der Waals surface area contributed by atoms with E-state index in [9.17, 15) is 13.2 Å². The highest BCUT2D eigenvalue weighted by Gasteiger charge is 2.43. The van der Waals surface area contributed by atoms with Crippen LogP contribution in [0.15, 0.2) is 5.16 Å². The van der Waals surface area contributed by atoms with Crippen LogP contribution >= 0.6 is 0 Å². The van der Waals surface area contributed by atoms with Gasteiger partial charge in [0.25, 0.3) is 0 Å². The third-order valence-corrected chi connectivity index (χ3v) is 3.79. The van der Waals surface area contributed by atoms with Crippen LogP contribution in [0.25, 0.3) is 0 Å². The first-order valence-corrected chi connectivity index (χ1v) is 6.60. The molecule has 0 aromatic rings. The van der Waals surface area contributed by atoms with E-state index in [1.54, 1.807) is 11.9 Å². The van der Waals surface area contributed by atoms with Gasteiger partial charge in [-0.3, -0.25) is 0 Å². The predicted molar refractivity (Wildman–Crippen MR) is 67.1 cm³/mol. The third-order valence-electron chi connectivity index (χ3n) is 3.79. The fourth-order valence-corrected chi connectivity index (χ4v) is 2.57. The Bertz CT molecular complexity index is 299. The van der Waals surface area contributed by atoms with Gasteiger partial charge in [0.1, 0.15) is 5.92 Å². The monoisotopic (exact) mass is 281 g/mol. The molecule has 112 valence electrons. The van der Waals surface area contributed by atoms with E-state index in [2.05, 4.69) is 5.16 Å². The minimum absolute atomic E-state index is 0.152. The number of nitrogens with zero attached hydrogens (tertiary/aromatic N) is 2. The fourth-order valence-electron chi connectivity index (χ4n) is 2.57. The van der Waals surface area contributed by atoms with Crippen LogP contribution in [0, 0.1) is 5.92 Å². The highest BCUT2D eigenvalue weighted by atomic mass is 19.4. The van der Waals surface area contributed by atoms with Gasteiger partial charge in [-0.15, -0.1) is 0 Å². The summed E-state index contributed by atoms with van der Waals surface area (Å²) in [4.78, 5) is 1.70. The Morgan fingerprint density at radius 1 is 1.32 bits per heavy atom. The molecule has 0 saturated heterocycles. The van der Waals surface area contributed by atoms with Crippen molar-refractivity contribution >= 4 is 5.84 Å². The fraction of sp³-hybridized carbons (Fsp3) is 0.917. The highest BCUT2D eigenvalue weighted by Crippen LogP contribution is 2.29. The lowest BCUT2D eigenvalue weighted by atomic mass is 10.0. The van der Waals surface area contributed by atoms with E-state index in [0.717, 1.165) is 38.5 Å². The Labute approximate surface area is 111 Å². The summed E-state index contributed by atoms with van der Waals surface area (Å²) in [5.74, 6) is -2.68. The number of rotatable bonds is 4. The van der Waals surface area contributed by atoms with Crippen molar-refractivity contribution in [2.45, 2.75) is 50.7 Å². The summed E-state index contributed by atoms with van der Waals surface area (Å²) < 4.78 is 38.6. The maximum atomic E-state index is 12.9. The summed E-state index contributed by atoms with van der Waals surface area (Å²) in [7, 11) is 1.68. The average Bonchev–Trinajstić information content (AvgIpc) is 2.62. The molecule has 0 heterocycles. The third kappa shape index (κ3) is 4.89. The summed E-state index contributed by atoms with van der Waals surface area (Å²) in [6.45, 7) is -0.260. The Balaban J connectivity index is 2.67. The van der Waals surface area contributed by atoms with Gasteiger partial charge < -0.3 is 15.8 Å². The molecule has 1 saturated carbocycles. The minimum Gasteiger partial charge on any atom is -0.409 e. The van der Waals surface area contributed by atoms with E-state index in [1.807, 2.05) is 0 Å². The van der Waals surface area contributed by atoms with Crippen LogP contribution < -0.4 is 5.73 Å². The zero-order valence-corrected chi connectivity index (χ0v) is 11.2. The molecule has 0 aromatic heterocycles. The lowest BCUT2D eigenvalue weighted by molar-refractivity contribution is -0.160. The van der Waals surface area contributed by atoms with Crippen molar-refractivity contribution in [3.8, 4) is 0 Å². The van der Waals surface area contributed by atoms with E-state index in [-0.39, 0.29) is 12.6 Å². The minimum atomic E-state index is -4.49. The molecule has 0 bridgehead atoms. The van der Waals surface area contributed by atoms with Gasteiger partial charge in [0.15, 0.2) is 5.84 Å². The van der Waals surface area contributed by atoms with E-state index in [0.29, 0.717) is 0 Å². The number of hydrogen-bond donors (Lipinski definition) is 2. The number of hydrogen-bond acceptors (Lipinski definition) is 3. The number of alkyl halides is 3. The van der Waals surface area contributed by atoms with Crippen LogP contribution in [0.4, 0.5) is 13.2 Å². The lowest BCUT2D eigenvalue weighted by Crippen LogP contribution is -2.46. The molecule has 0 radical (unpaired) electrons. The normalized spacial score (nSPS) is 21.4. The Morgan fingerprint density at radius 3 is 2.26 bits per heavy atom. The molecule has 1 aliphatic rings. The molecule has 3 N–H and O–H groups in total. The van der Waals surface area contributed by atoms with Gasteiger partial charge in [-0.05, 0) is 19.9 Å². The molecule has 1 rings (SSSR count). The molecule has 0 aliphatic heterocycles. The topological polar surface area (TPSA) is 61.8 Å². The number of oxime groups is 1. The van der Waals surface area contributed by atoms with Crippen LogP contribution in [0.2, 0.25) is 0 Å². The van der Waals surface area contributed by atoms with Crippen molar-refractivity contribution in [2.24, 2.45) is 16.8 Å². The molecule has 7 heteroatoms. The first-order valence-electron chi connectivity index (χ1n) is 6.60. The van der Waals surface area contributed by atoms with E-state index >= 15 is 0 Å². The van der Waals surface area contributed by atoms with Crippen molar-refractivity contribution in [2.75, 3.05) is 13.6 Å². The standard InChI is InChI=1S/C12H22F3N3O/c1-18(9-6-4-2-3-5-7-9)8-10(11(16)17-19)12(13,14)15/h9-10,19H,2-8H2,1H3,(H2,16,17). The van der Waals surface area contributed by atoms with Gasteiger partial charge in [0.05, 0.1) is 0 Å². The average molecular weight is 281 g/mol. The lowest BCUT2D eigenvalue weighted by Gasteiger charge is -2.31. The van der Waals surface area contributed by atoms with Crippen LogP contribution in [-0.4, -0.2) is 41.8 Å². The number of halogens is 3. The zero-order valence-electron chi connectivity index (χ0n) is 11.2.